The highest BCUT2D eigenvalue weighted by atomic mass is 32.2. The summed E-state index contributed by atoms with van der Waals surface area (Å²) < 4.78 is 45.1. The van der Waals surface area contributed by atoms with Gasteiger partial charge in [0.1, 0.15) is 11.6 Å². The zero-order valence-electron chi connectivity index (χ0n) is 40.8. The Kier molecular flexibility index (Phi) is 15.4. The van der Waals surface area contributed by atoms with E-state index in [9.17, 15) is 37.4 Å². The standard InChI is InChI=1S/C30H38N4O4S.C24H27FN4O3/c1-4-11-31-39(37,38)25-8-6-7-24(15-25)28(36)33-29-32-26-10-9-22(19-35)14-27(26)34(29)30-16-20(3)12-23(18-30)13-21(5-2)17-30;1-14(2)26-22(31)16-5-9-18(10-6-16)29-21-13-19(30)11-12-20(21)27-24(29)28-23(32)15-3-7-17(25)8-4-15/h4,6-10,14-15,20-21,23,31,35H,1,5,11-13,16-19H2,2-3H3,(H,32,33,36);3-4,7-8,11-14,16,18,30H,5-6,9-10H2,1-2H3,(H,26,31)(H,27,28,32). The first-order chi connectivity index (χ1) is 34.0. The molecule has 3 aliphatic carbocycles. The fourth-order valence-corrected chi connectivity index (χ4v) is 12.4. The first-order valence-corrected chi connectivity index (χ1v) is 26.2. The number of sulfonamides is 1. The maximum absolute atomic E-state index is 13.6. The fourth-order valence-electron chi connectivity index (χ4n) is 11.4. The Morgan fingerprint density at radius 1 is 0.859 bits per heavy atom. The molecule has 4 atom stereocenters. The number of imidazole rings is 2. The number of fused-ring (bicyclic) bond motifs is 4. The van der Waals surface area contributed by atoms with Gasteiger partial charge in [0.25, 0.3) is 11.8 Å². The van der Waals surface area contributed by atoms with Crippen molar-refractivity contribution in [2.75, 3.05) is 17.2 Å². The lowest BCUT2D eigenvalue weighted by atomic mass is 9.60. The molecule has 0 saturated heterocycles. The van der Waals surface area contributed by atoms with Gasteiger partial charge in [-0.3, -0.25) is 25.0 Å². The minimum atomic E-state index is -3.78. The van der Waals surface area contributed by atoms with Gasteiger partial charge in [0, 0.05) is 47.3 Å². The molecule has 0 spiro atoms. The van der Waals surface area contributed by atoms with Gasteiger partial charge >= 0.3 is 0 Å². The Bertz CT molecular complexity index is 3030. The number of rotatable bonds is 14. The Morgan fingerprint density at radius 3 is 2.25 bits per heavy atom. The highest BCUT2D eigenvalue weighted by molar-refractivity contribution is 7.89. The van der Waals surface area contributed by atoms with Crippen LogP contribution in [-0.4, -0.2) is 68.0 Å². The minimum absolute atomic E-state index is 0.0127. The molecule has 3 aliphatic rings. The van der Waals surface area contributed by atoms with E-state index < -0.39 is 27.7 Å². The summed E-state index contributed by atoms with van der Waals surface area (Å²) in [5.41, 5.74) is 4.20. The Morgan fingerprint density at radius 2 is 1.55 bits per heavy atom. The second-order valence-electron chi connectivity index (χ2n) is 20.0. The van der Waals surface area contributed by atoms with Gasteiger partial charge in [0.2, 0.25) is 27.8 Å². The quantitative estimate of drug-likeness (QED) is 0.0573. The minimum Gasteiger partial charge on any atom is -0.508 e. The Balaban J connectivity index is 0.000000194. The van der Waals surface area contributed by atoms with Crippen LogP contribution >= 0.6 is 0 Å². The maximum Gasteiger partial charge on any atom is 0.258 e. The number of hydrogen-bond donors (Lipinski definition) is 6. The number of anilines is 2. The van der Waals surface area contributed by atoms with Gasteiger partial charge in [-0.25, -0.2) is 27.5 Å². The molecule has 2 heterocycles. The van der Waals surface area contributed by atoms with Crippen LogP contribution in [-0.2, 0) is 27.0 Å². The lowest BCUT2D eigenvalue weighted by Gasteiger charge is -2.51. The van der Waals surface area contributed by atoms with Crippen LogP contribution in [0.15, 0.2) is 102 Å². The number of aromatic nitrogens is 4. The van der Waals surface area contributed by atoms with Crippen molar-refractivity contribution >= 4 is 61.7 Å². The highest BCUT2D eigenvalue weighted by Gasteiger charge is 2.48. The molecule has 71 heavy (non-hydrogen) atoms. The molecule has 2 bridgehead atoms. The number of carbonyl (C=O) groups excluding carboxylic acids is 3. The normalized spacial score (nSPS) is 22.1. The van der Waals surface area contributed by atoms with Crippen molar-refractivity contribution in [1.82, 2.24) is 29.1 Å². The van der Waals surface area contributed by atoms with E-state index in [1.165, 1.54) is 55.3 Å². The first kappa shape index (κ1) is 50.9. The van der Waals surface area contributed by atoms with Gasteiger partial charge in [0.05, 0.1) is 33.6 Å². The number of nitrogens with one attached hydrogen (secondary N) is 4. The van der Waals surface area contributed by atoms with Gasteiger partial charge in [-0.2, -0.15) is 0 Å². The van der Waals surface area contributed by atoms with Crippen LogP contribution in [0.1, 0.15) is 124 Å². The third-order valence-electron chi connectivity index (χ3n) is 14.3. The van der Waals surface area contributed by atoms with E-state index in [2.05, 4.69) is 50.6 Å². The number of halogens is 1. The van der Waals surface area contributed by atoms with E-state index in [0.29, 0.717) is 40.7 Å². The number of amides is 3. The molecule has 3 amide bonds. The second-order valence-corrected chi connectivity index (χ2v) is 21.8. The van der Waals surface area contributed by atoms with E-state index in [-0.39, 0.29) is 58.8 Å². The zero-order chi connectivity index (χ0) is 50.6. The van der Waals surface area contributed by atoms with E-state index in [1.807, 2.05) is 36.6 Å². The molecule has 17 heteroatoms. The molecule has 2 aromatic heterocycles. The number of aliphatic hydroxyl groups excluding tert-OH is 1. The molecule has 9 rings (SSSR count). The molecule has 4 aromatic carbocycles. The van der Waals surface area contributed by atoms with Crippen LogP contribution in [0.4, 0.5) is 16.3 Å². The van der Waals surface area contributed by atoms with E-state index >= 15 is 0 Å². The van der Waals surface area contributed by atoms with Gasteiger partial charge in [0.15, 0.2) is 0 Å². The third-order valence-corrected chi connectivity index (χ3v) is 15.8. The maximum atomic E-state index is 13.6. The van der Waals surface area contributed by atoms with Crippen molar-refractivity contribution < 1.29 is 37.4 Å². The summed E-state index contributed by atoms with van der Waals surface area (Å²) in [4.78, 5) is 48.2. The third kappa shape index (κ3) is 11.4. The highest BCUT2D eigenvalue weighted by Crippen LogP contribution is 2.54. The predicted octanol–water partition coefficient (Wildman–Crippen LogP) is 9.59. The molecule has 15 nitrogen and oxygen atoms in total. The number of nitrogens with zero attached hydrogens (tertiary/aromatic N) is 4. The van der Waals surface area contributed by atoms with Crippen LogP contribution < -0.4 is 20.7 Å². The molecule has 4 unspecified atom stereocenters. The largest absolute Gasteiger partial charge is 0.508 e. The summed E-state index contributed by atoms with van der Waals surface area (Å²) in [6.07, 6.45) is 11.0. The predicted molar refractivity (Wildman–Crippen MR) is 273 cm³/mol. The van der Waals surface area contributed by atoms with Crippen molar-refractivity contribution in [2.24, 2.45) is 23.7 Å². The second kappa shape index (κ2) is 21.5. The van der Waals surface area contributed by atoms with Crippen LogP contribution in [0, 0.1) is 29.5 Å². The van der Waals surface area contributed by atoms with Crippen molar-refractivity contribution in [2.45, 2.75) is 121 Å². The smallest absolute Gasteiger partial charge is 0.258 e. The molecule has 6 aromatic rings. The summed E-state index contributed by atoms with van der Waals surface area (Å²) >= 11 is 0. The summed E-state index contributed by atoms with van der Waals surface area (Å²) in [6, 6.07) is 22.1. The Labute approximate surface area is 414 Å². The average molecular weight is 989 g/mol. The van der Waals surface area contributed by atoms with Gasteiger partial charge in [-0.15, -0.1) is 6.58 Å². The zero-order valence-corrected chi connectivity index (χ0v) is 41.6. The molecular formula is C54H65FN8O7S. The molecular weight excluding hydrogens is 924 g/mol. The number of hydrogen-bond acceptors (Lipinski definition) is 9. The van der Waals surface area contributed by atoms with E-state index in [1.54, 1.807) is 30.3 Å². The number of aromatic hydroxyl groups is 1. The van der Waals surface area contributed by atoms with Crippen molar-refractivity contribution in [3.05, 3.63) is 120 Å². The SMILES string of the molecule is C=CCNS(=O)(=O)c1cccc(C(=O)Nc2nc3ccc(CO)cc3n2C23CC(C)CC(CC(CC)C2)C3)c1.CC(C)NC(=O)C1CCC(n2c(NC(=O)c3ccc(F)cc3)nc3ccc(O)cc32)CC1. The molecule has 3 saturated carbocycles. The molecule has 376 valence electrons. The first-order valence-electron chi connectivity index (χ1n) is 24.7. The van der Waals surface area contributed by atoms with E-state index in [4.69, 9.17) is 4.98 Å². The summed E-state index contributed by atoms with van der Waals surface area (Å²) in [7, 11) is -3.78. The number of phenols is 1. The molecule has 3 fully saturated rings. The lowest BCUT2D eigenvalue weighted by molar-refractivity contribution is -0.126. The number of benzene rings is 4. The van der Waals surface area contributed by atoms with Crippen molar-refractivity contribution in [1.29, 1.82) is 0 Å². The number of carbonyl (C=O) groups is 3. The van der Waals surface area contributed by atoms with Crippen LogP contribution in [0.3, 0.4) is 0 Å². The van der Waals surface area contributed by atoms with Gasteiger partial charge < -0.3 is 24.7 Å². The summed E-state index contributed by atoms with van der Waals surface area (Å²) in [5, 5.41) is 28.8. The van der Waals surface area contributed by atoms with Crippen molar-refractivity contribution in [3.63, 3.8) is 0 Å². The number of aliphatic hydroxyl groups is 1. The monoisotopic (exact) mass is 988 g/mol. The fraction of sp³-hybridized carbons (Fsp3) is 0.426. The van der Waals surface area contributed by atoms with Gasteiger partial charge in [-0.05, 0) is 162 Å². The number of phenolic OH excluding ortho intramolecular Hbond substituents is 1. The lowest BCUT2D eigenvalue weighted by Crippen LogP contribution is -2.47. The molecule has 0 aliphatic heterocycles. The summed E-state index contributed by atoms with van der Waals surface area (Å²) in [5.74, 6) is 1.54. The topological polar surface area (TPSA) is 210 Å². The van der Waals surface area contributed by atoms with Crippen LogP contribution in [0.2, 0.25) is 0 Å². The molecule has 6 N–H and O–H groups in total. The van der Waals surface area contributed by atoms with E-state index in [0.717, 1.165) is 73.5 Å². The molecule has 0 radical (unpaired) electrons. The van der Waals surface area contributed by atoms with Gasteiger partial charge in [-0.1, -0.05) is 38.5 Å². The summed E-state index contributed by atoms with van der Waals surface area (Å²) in [6.45, 7) is 12.0. The van der Waals surface area contributed by atoms with Crippen molar-refractivity contribution in [3.8, 4) is 5.75 Å². The Hall–Kier alpha value is -6.43. The average Bonchev–Trinajstić information content (AvgIpc) is 3.89. The van der Waals surface area contributed by atoms with Crippen LogP contribution in [0.5, 0.6) is 5.75 Å². The van der Waals surface area contributed by atoms with Crippen LogP contribution in [0.25, 0.3) is 22.1 Å².